The smallest absolute Gasteiger partial charge is 0.336 e. The summed E-state index contributed by atoms with van der Waals surface area (Å²) in [4.78, 5) is 23.2. The van der Waals surface area contributed by atoms with Gasteiger partial charge < -0.3 is 5.11 Å². The molecule has 0 unspecified atom stereocenters. The number of rotatable bonds is 7. The Morgan fingerprint density at radius 2 is 1.78 bits per heavy atom. The van der Waals surface area contributed by atoms with E-state index in [0.717, 1.165) is 16.1 Å². The Kier molecular flexibility index (Phi) is 6.30. The molecule has 0 saturated heterocycles. The fraction of sp³-hybridized carbons (Fsp3) is 0.167. The van der Waals surface area contributed by atoms with Crippen LogP contribution in [0.15, 0.2) is 53.6 Å². The molecule has 2 N–H and O–H groups in total. The number of anilines is 1. The molecule has 0 fully saturated rings. The van der Waals surface area contributed by atoms with E-state index in [9.17, 15) is 18.0 Å². The average Bonchev–Trinajstić information content (AvgIpc) is 2.60. The third kappa shape index (κ3) is 5.65. The molecule has 2 aromatic carbocycles. The number of amides is 1. The molecule has 2 rings (SSSR count). The average molecular weight is 389 g/mol. The lowest BCUT2D eigenvalue weighted by atomic mass is 10.1. The lowest BCUT2D eigenvalue weighted by molar-refractivity contribution is -0.119. The van der Waals surface area contributed by atoms with Gasteiger partial charge in [-0.1, -0.05) is 35.9 Å². The fourth-order valence-electron chi connectivity index (χ4n) is 2.25. The number of benzene rings is 2. The van der Waals surface area contributed by atoms with Crippen molar-refractivity contribution in [1.29, 1.82) is 0 Å². The molecule has 27 heavy (non-hydrogen) atoms. The van der Waals surface area contributed by atoms with Crippen LogP contribution in [0.4, 0.5) is 5.69 Å². The molecule has 0 radical (unpaired) electrons. The predicted octanol–water partition coefficient (Wildman–Crippen LogP) is 1.61. The number of hydrogen-bond donors (Lipinski definition) is 2. The van der Waals surface area contributed by atoms with Crippen LogP contribution in [-0.2, 0) is 14.8 Å². The zero-order chi connectivity index (χ0) is 20.0. The molecule has 142 valence electrons. The minimum Gasteiger partial charge on any atom is -0.478 e. The van der Waals surface area contributed by atoms with Gasteiger partial charge in [0.2, 0.25) is 10.0 Å². The fourth-order valence-corrected chi connectivity index (χ4v) is 3.11. The van der Waals surface area contributed by atoms with Crippen LogP contribution in [0, 0.1) is 6.92 Å². The van der Waals surface area contributed by atoms with E-state index in [1.807, 2.05) is 6.92 Å². The number of sulfonamides is 1. The molecule has 2 aromatic rings. The van der Waals surface area contributed by atoms with E-state index in [4.69, 9.17) is 5.11 Å². The van der Waals surface area contributed by atoms with Crippen LogP contribution >= 0.6 is 0 Å². The predicted molar refractivity (Wildman–Crippen MR) is 103 cm³/mol. The Morgan fingerprint density at radius 1 is 1.15 bits per heavy atom. The van der Waals surface area contributed by atoms with Gasteiger partial charge in [0.05, 0.1) is 23.7 Å². The molecule has 0 aliphatic rings. The van der Waals surface area contributed by atoms with Gasteiger partial charge in [-0.3, -0.25) is 9.10 Å². The highest BCUT2D eigenvalue weighted by Crippen LogP contribution is 2.17. The second-order valence-electron chi connectivity index (χ2n) is 5.79. The second kappa shape index (κ2) is 8.45. The Morgan fingerprint density at radius 3 is 2.37 bits per heavy atom. The maximum absolute atomic E-state index is 12.1. The topological polar surface area (TPSA) is 116 Å². The molecule has 0 atom stereocenters. The molecule has 9 heteroatoms. The van der Waals surface area contributed by atoms with E-state index >= 15 is 0 Å². The summed E-state index contributed by atoms with van der Waals surface area (Å²) in [5.74, 6) is -1.78. The van der Waals surface area contributed by atoms with E-state index in [0.29, 0.717) is 11.3 Å². The molecule has 0 spiro atoms. The van der Waals surface area contributed by atoms with Gasteiger partial charge in [-0.25, -0.2) is 18.6 Å². The lowest BCUT2D eigenvalue weighted by Gasteiger charge is -2.21. The molecule has 1 amide bonds. The highest BCUT2D eigenvalue weighted by molar-refractivity contribution is 7.92. The number of aryl methyl sites for hydroxylation is 1. The number of aromatic carboxylic acids is 1. The summed E-state index contributed by atoms with van der Waals surface area (Å²) in [6.45, 7) is 1.41. The molecule has 0 bridgehead atoms. The van der Waals surface area contributed by atoms with Crippen molar-refractivity contribution >= 4 is 33.8 Å². The summed E-state index contributed by atoms with van der Waals surface area (Å²) in [6, 6.07) is 12.9. The molecular weight excluding hydrogens is 370 g/mol. The highest BCUT2D eigenvalue weighted by Gasteiger charge is 2.20. The van der Waals surface area contributed by atoms with E-state index in [2.05, 4.69) is 10.5 Å². The number of nitrogens with one attached hydrogen (secondary N) is 1. The standard InChI is InChI=1S/C18H19N3O5S/c1-13-7-9-15(10-8-13)21(27(2,25)26)12-17(22)20-19-11-14-5-3-4-6-16(14)18(23)24/h3-11H,12H2,1-2H3,(H,20,22)(H,23,24)/b19-11-. The van der Waals surface area contributed by atoms with Crippen LogP contribution in [0.25, 0.3) is 0 Å². The van der Waals surface area contributed by atoms with Crippen molar-refractivity contribution in [2.45, 2.75) is 6.92 Å². The zero-order valence-corrected chi connectivity index (χ0v) is 15.6. The summed E-state index contributed by atoms with van der Waals surface area (Å²) < 4.78 is 25.0. The molecule has 0 aliphatic heterocycles. The van der Waals surface area contributed by atoms with Crippen molar-refractivity contribution < 1.29 is 23.1 Å². The van der Waals surface area contributed by atoms with Crippen molar-refractivity contribution in [3.63, 3.8) is 0 Å². The largest absolute Gasteiger partial charge is 0.478 e. The van der Waals surface area contributed by atoms with Crippen molar-refractivity contribution in [3.8, 4) is 0 Å². The third-order valence-electron chi connectivity index (χ3n) is 3.59. The number of carboxylic acids is 1. The van der Waals surface area contributed by atoms with Crippen LogP contribution in [0.2, 0.25) is 0 Å². The lowest BCUT2D eigenvalue weighted by Crippen LogP contribution is -2.39. The maximum atomic E-state index is 12.1. The van der Waals surface area contributed by atoms with Gasteiger partial charge in [-0.05, 0) is 25.1 Å². The van der Waals surface area contributed by atoms with Gasteiger partial charge >= 0.3 is 5.97 Å². The number of carbonyl (C=O) groups is 2. The van der Waals surface area contributed by atoms with E-state index < -0.39 is 28.4 Å². The first-order valence-corrected chi connectivity index (χ1v) is 9.72. The SMILES string of the molecule is Cc1ccc(N(CC(=O)N/N=C\c2ccccc2C(=O)O)S(C)(=O)=O)cc1. The van der Waals surface area contributed by atoms with Gasteiger partial charge in [0.25, 0.3) is 5.91 Å². The normalized spacial score (nSPS) is 11.3. The number of carbonyl (C=O) groups excluding carboxylic acids is 1. The van der Waals surface area contributed by atoms with Crippen molar-refractivity contribution in [3.05, 3.63) is 65.2 Å². The number of nitrogens with zero attached hydrogens (tertiary/aromatic N) is 2. The molecule has 0 heterocycles. The monoisotopic (exact) mass is 389 g/mol. The van der Waals surface area contributed by atoms with Gasteiger partial charge in [0.1, 0.15) is 6.54 Å². The van der Waals surface area contributed by atoms with Crippen LogP contribution in [0.3, 0.4) is 0 Å². The Labute approximate surface area is 157 Å². The summed E-state index contributed by atoms with van der Waals surface area (Å²) >= 11 is 0. The van der Waals surface area contributed by atoms with Crippen LogP contribution < -0.4 is 9.73 Å². The molecule has 0 aliphatic carbocycles. The van der Waals surface area contributed by atoms with E-state index in [1.165, 1.54) is 18.3 Å². The van der Waals surface area contributed by atoms with Crippen LogP contribution in [0.1, 0.15) is 21.5 Å². The first kappa shape index (κ1) is 20.1. The molecule has 0 aromatic heterocycles. The van der Waals surface area contributed by atoms with Crippen molar-refractivity contribution in [1.82, 2.24) is 5.43 Å². The van der Waals surface area contributed by atoms with Crippen LogP contribution in [0.5, 0.6) is 0 Å². The number of hydrazone groups is 1. The highest BCUT2D eigenvalue weighted by atomic mass is 32.2. The van der Waals surface area contributed by atoms with Crippen LogP contribution in [-0.4, -0.2) is 44.4 Å². The third-order valence-corrected chi connectivity index (χ3v) is 4.73. The van der Waals surface area contributed by atoms with Gasteiger partial charge in [-0.2, -0.15) is 5.10 Å². The molecule has 8 nitrogen and oxygen atoms in total. The van der Waals surface area contributed by atoms with Gasteiger partial charge in [0, 0.05) is 5.56 Å². The maximum Gasteiger partial charge on any atom is 0.336 e. The number of hydrogen-bond acceptors (Lipinski definition) is 5. The van der Waals surface area contributed by atoms with Crippen molar-refractivity contribution in [2.75, 3.05) is 17.1 Å². The van der Waals surface area contributed by atoms with Gasteiger partial charge in [-0.15, -0.1) is 0 Å². The quantitative estimate of drug-likeness (QED) is 0.551. The minimum atomic E-state index is -3.68. The molecular formula is C18H19N3O5S. The summed E-state index contributed by atoms with van der Waals surface area (Å²) in [5, 5.41) is 12.8. The Hall–Kier alpha value is -3.20. The summed E-state index contributed by atoms with van der Waals surface area (Å²) in [7, 11) is -3.68. The van der Waals surface area contributed by atoms with E-state index in [-0.39, 0.29) is 5.56 Å². The minimum absolute atomic E-state index is 0.0351. The summed E-state index contributed by atoms with van der Waals surface area (Å²) in [5.41, 5.74) is 3.87. The molecule has 0 saturated carbocycles. The zero-order valence-electron chi connectivity index (χ0n) is 14.8. The number of carboxylic acid groups (broad SMARTS) is 1. The van der Waals surface area contributed by atoms with E-state index in [1.54, 1.807) is 36.4 Å². The summed E-state index contributed by atoms with van der Waals surface area (Å²) in [6.07, 6.45) is 2.20. The first-order valence-electron chi connectivity index (χ1n) is 7.87. The second-order valence-corrected chi connectivity index (χ2v) is 7.70. The Balaban J connectivity index is 2.11. The Bertz CT molecular complexity index is 969. The first-order chi connectivity index (χ1) is 12.7. The van der Waals surface area contributed by atoms with Gasteiger partial charge in [0.15, 0.2) is 0 Å². The van der Waals surface area contributed by atoms with Crippen molar-refractivity contribution in [2.24, 2.45) is 5.10 Å².